The summed E-state index contributed by atoms with van der Waals surface area (Å²) in [5, 5.41) is 1.97. The molecule has 0 aromatic carbocycles. The van der Waals surface area contributed by atoms with E-state index in [0.29, 0.717) is 22.0 Å². The van der Waals surface area contributed by atoms with Crippen LogP contribution in [0.25, 0.3) is 10.2 Å². The minimum absolute atomic E-state index is 0.0847. The monoisotopic (exact) mass is 298 g/mol. The minimum atomic E-state index is -0.394. The van der Waals surface area contributed by atoms with E-state index in [1.807, 2.05) is 5.38 Å². The van der Waals surface area contributed by atoms with Crippen molar-refractivity contribution in [3.8, 4) is 0 Å². The Bertz CT molecular complexity index is 663. The Kier molecular flexibility index (Phi) is 4.26. The standard InChI is InChI=1S/C12H14N2O3S2/c1-4-17-11(16)7(2)19-12-13-8-5-6-18-9(8)10(15)14(12)3/h5-7H,4H2,1-3H3/t7-/m1/s1. The molecule has 2 aromatic rings. The molecule has 0 aliphatic heterocycles. The zero-order valence-corrected chi connectivity index (χ0v) is 12.5. The zero-order chi connectivity index (χ0) is 14.0. The highest BCUT2D eigenvalue weighted by Crippen LogP contribution is 2.24. The van der Waals surface area contributed by atoms with E-state index in [0.717, 1.165) is 0 Å². The predicted octanol–water partition coefficient (Wildman–Crippen LogP) is 2.04. The second-order valence-electron chi connectivity index (χ2n) is 3.91. The molecule has 0 radical (unpaired) electrons. The van der Waals surface area contributed by atoms with E-state index in [2.05, 4.69) is 4.98 Å². The van der Waals surface area contributed by atoms with Gasteiger partial charge >= 0.3 is 5.97 Å². The van der Waals surface area contributed by atoms with Gasteiger partial charge in [0.2, 0.25) is 0 Å². The van der Waals surface area contributed by atoms with Crippen LogP contribution < -0.4 is 5.56 Å². The number of hydrogen-bond donors (Lipinski definition) is 0. The van der Waals surface area contributed by atoms with Crippen LogP contribution in [-0.4, -0.2) is 27.4 Å². The number of rotatable bonds is 4. The lowest BCUT2D eigenvalue weighted by molar-refractivity contribution is -0.142. The van der Waals surface area contributed by atoms with Gasteiger partial charge in [-0.3, -0.25) is 14.2 Å². The van der Waals surface area contributed by atoms with Gasteiger partial charge in [0.05, 0.1) is 12.1 Å². The third-order valence-corrected chi connectivity index (χ3v) is 4.56. The minimum Gasteiger partial charge on any atom is -0.465 e. The van der Waals surface area contributed by atoms with E-state index >= 15 is 0 Å². The lowest BCUT2D eigenvalue weighted by atomic mass is 10.5. The molecule has 0 aliphatic rings. The van der Waals surface area contributed by atoms with Crippen molar-refractivity contribution in [2.24, 2.45) is 7.05 Å². The van der Waals surface area contributed by atoms with E-state index in [9.17, 15) is 9.59 Å². The molecule has 0 spiro atoms. The molecule has 0 fully saturated rings. The molecule has 2 heterocycles. The number of esters is 1. The second kappa shape index (κ2) is 5.75. The Balaban J connectivity index is 2.32. The maximum absolute atomic E-state index is 12.1. The Labute approximate surface area is 118 Å². The fourth-order valence-corrected chi connectivity index (χ4v) is 3.22. The summed E-state index contributed by atoms with van der Waals surface area (Å²) in [7, 11) is 1.66. The molecule has 0 amide bonds. The second-order valence-corrected chi connectivity index (χ2v) is 6.13. The van der Waals surface area contributed by atoms with Crippen molar-refractivity contribution < 1.29 is 9.53 Å². The van der Waals surface area contributed by atoms with Gasteiger partial charge < -0.3 is 4.74 Å². The topological polar surface area (TPSA) is 61.2 Å². The molecule has 102 valence electrons. The van der Waals surface area contributed by atoms with E-state index in [4.69, 9.17) is 4.74 Å². The van der Waals surface area contributed by atoms with Crippen LogP contribution in [0, 0.1) is 0 Å². The molecule has 0 aliphatic carbocycles. The van der Waals surface area contributed by atoms with E-state index in [-0.39, 0.29) is 11.5 Å². The Morgan fingerprint density at radius 1 is 1.63 bits per heavy atom. The lowest BCUT2D eigenvalue weighted by Gasteiger charge is -2.11. The quantitative estimate of drug-likeness (QED) is 0.491. The number of carbonyl (C=O) groups excluding carboxylic acids is 1. The highest BCUT2D eigenvalue weighted by Gasteiger charge is 2.19. The first-order valence-electron chi connectivity index (χ1n) is 5.82. The van der Waals surface area contributed by atoms with Gasteiger partial charge in [-0.2, -0.15) is 0 Å². The number of nitrogens with zero attached hydrogens (tertiary/aromatic N) is 2. The van der Waals surface area contributed by atoms with Crippen molar-refractivity contribution >= 4 is 39.3 Å². The van der Waals surface area contributed by atoms with Gasteiger partial charge in [-0.05, 0) is 25.3 Å². The summed E-state index contributed by atoms with van der Waals surface area (Å²) in [5.74, 6) is -0.299. The summed E-state index contributed by atoms with van der Waals surface area (Å²) >= 11 is 2.61. The fraction of sp³-hybridized carbons (Fsp3) is 0.417. The number of fused-ring (bicyclic) bond motifs is 1. The molecular formula is C12H14N2O3S2. The predicted molar refractivity (Wildman–Crippen MR) is 76.8 cm³/mol. The normalized spacial score (nSPS) is 12.6. The molecule has 5 nitrogen and oxygen atoms in total. The van der Waals surface area contributed by atoms with Gasteiger partial charge in [-0.1, -0.05) is 11.8 Å². The maximum atomic E-state index is 12.1. The fourth-order valence-electron chi connectivity index (χ4n) is 1.54. The van der Waals surface area contributed by atoms with Crippen LogP contribution in [0.4, 0.5) is 0 Å². The van der Waals surface area contributed by atoms with Crippen LogP contribution in [0.1, 0.15) is 13.8 Å². The highest BCUT2D eigenvalue weighted by atomic mass is 32.2. The van der Waals surface area contributed by atoms with Crippen molar-refractivity contribution in [2.45, 2.75) is 24.3 Å². The van der Waals surface area contributed by atoms with Gasteiger partial charge in [-0.15, -0.1) is 11.3 Å². The Morgan fingerprint density at radius 2 is 2.37 bits per heavy atom. The Hall–Kier alpha value is -1.34. The van der Waals surface area contributed by atoms with E-state index in [1.165, 1.54) is 27.7 Å². The number of thioether (sulfide) groups is 1. The van der Waals surface area contributed by atoms with Crippen molar-refractivity contribution in [1.82, 2.24) is 9.55 Å². The third kappa shape index (κ3) is 2.82. The summed E-state index contributed by atoms with van der Waals surface area (Å²) < 4.78 is 7.05. The summed E-state index contributed by atoms with van der Waals surface area (Å²) in [5.41, 5.74) is 0.588. The molecule has 0 saturated carbocycles. The molecule has 2 aromatic heterocycles. The molecule has 7 heteroatoms. The average molecular weight is 298 g/mol. The van der Waals surface area contributed by atoms with Crippen LogP contribution in [0.3, 0.4) is 0 Å². The van der Waals surface area contributed by atoms with Crippen LogP contribution in [0.15, 0.2) is 21.4 Å². The first kappa shape index (κ1) is 14.1. The van der Waals surface area contributed by atoms with Gasteiger partial charge in [-0.25, -0.2) is 4.98 Å². The van der Waals surface area contributed by atoms with Gasteiger partial charge in [0.25, 0.3) is 5.56 Å². The summed E-state index contributed by atoms with van der Waals surface area (Å²) in [6, 6.07) is 1.81. The zero-order valence-electron chi connectivity index (χ0n) is 10.9. The lowest BCUT2D eigenvalue weighted by Crippen LogP contribution is -2.22. The first-order chi connectivity index (χ1) is 9.04. The number of carbonyl (C=O) groups is 1. The van der Waals surface area contributed by atoms with Crippen molar-refractivity contribution in [1.29, 1.82) is 0 Å². The first-order valence-corrected chi connectivity index (χ1v) is 7.58. The third-order valence-electron chi connectivity index (χ3n) is 2.55. The Morgan fingerprint density at radius 3 is 3.05 bits per heavy atom. The molecule has 1 atom stereocenters. The van der Waals surface area contributed by atoms with Crippen LogP contribution in [0.5, 0.6) is 0 Å². The summed E-state index contributed by atoms with van der Waals surface area (Å²) in [6.07, 6.45) is 0. The molecular weight excluding hydrogens is 284 g/mol. The van der Waals surface area contributed by atoms with Crippen molar-refractivity contribution in [3.63, 3.8) is 0 Å². The maximum Gasteiger partial charge on any atom is 0.319 e. The number of aromatic nitrogens is 2. The smallest absolute Gasteiger partial charge is 0.319 e. The number of hydrogen-bond acceptors (Lipinski definition) is 6. The van der Waals surface area contributed by atoms with Crippen LogP contribution >= 0.6 is 23.1 Å². The van der Waals surface area contributed by atoms with Gasteiger partial charge in [0.1, 0.15) is 9.95 Å². The van der Waals surface area contributed by atoms with Crippen molar-refractivity contribution in [3.05, 3.63) is 21.8 Å². The largest absolute Gasteiger partial charge is 0.465 e. The van der Waals surface area contributed by atoms with Crippen LogP contribution in [0.2, 0.25) is 0 Å². The SMILES string of the molecule is CCOC(=O)[C@@H](C)Sc1nc2ccsc2c(=O)n1C. The van der Waals surface area contributed by atoms with Crippen LogP contribution in [-0.2, 0) is 16.6 Å². The number of thiophene rings is 1. The van der Waals surface area contributed by atoms with E-state index in [1.54, 1.807) is 27.0 Å². The molecule has 0 bridgehead atoms. The molecule has 0 unspecified atom stereocenters. The molecule has 2 rings (SSSR count). The average Bonchev–Trinajstić information content (AvgIpc) is 2.84. The summed E-state index contributed by atoms with van der Waals surface area (Å²) in [6.45, 7) is 3.85. The van der Waals surface area contributed by atoms with Crippen molar-refractivity contribution in [2.75, 3.05) is 6.61 Å². The molecule has 19 heavy (non-hydrogen) atoms. The molecule has 0 saturated heterocycles. The van der Waals surface area contributed by atoms with E-state index < -0.39 is 5.25 Å². The molecule has 0 N–H and O–H groups in total. The summed E-state index contributed by atoms with van der Waals surface area (Å²) in [4.78, 5) is 28.1. The number of ether oxygens (including phenoxy) is 1. The van der Waals surface area contributed by atoms with Gasteiger partial charge in [0, 0.05) is 7.05 Å². The van der Waals surface area contributed by atoms with Gasteiger partial charge in [0.15, 0.2) is 5.16 Å². The highest BCUT2D eigenvalue weighted by molar-refractivity contribution is 8.00.